The zero-order valence-corrected chi connectivity index (χ0v) is 21.8. The molecule has 0 bridgehead atoms. The van der Waals surface area contributed by atoms with Crippen LogP contribution in [-0.2, 0) is 32.5 Å². The van der Waals surface area contributed by atoms with Crippen molar-refractivity contribution in [1.29, 1.82) is 0 Å². The summed E-state index contributed by atoms with van der Waals surface area (Å²) >= 11 is 0. The van der Waals surface area contributed by atoms with Gasteiger partial charge in [0.05, 0.1) is 11.5 Å². The molecule has 0 saturated heterocycles. The number of hydrogen-bond acceptors (Lipinski definition) is 5. The summed E-state index contributed by atoms with van der Waals surface area (Å²) in [5.41, 5.74) is 2.88. The molecular formula is C28H31N3O5S. The molecule has 37 heavy (non-hydrogen) atoms. The predicted molar refractivity (Wildman–Crippen MR) is 143 cm³/mol. The molecule has 0 spiro atoms. The molecule has 1 heterocycles. The maximum atomic E-state index is 13.4. The number of rotatable bonds is 10. The SMILES string of the molecule is CCOc1ccc(NC(=O)[C@H](Cc2ccccc2)NS(=O)(=O)c2ccc3c(c2)CCN3C(=O)CC)cc1. The molecule has 3 aromatic rings. The van der Waals surface area contributed by atoms with Crippen LogP contribution in [0.15, 0.2) is 77.7 Å². The standard InChI is InChI=1S/C28H31N3O5S/c1-3-27(32)31-17-16-21-19-24(14-15-26(21)31)37(34,35)30-25(18-20-8-6-5-7-9-20)28(33)29-22-10-12-23(13-11-22)36-4-2/h5-15,19,25,30H,3-4,16-18H2,1-2H3,(H,29,33)/t25-/m0/s1. The van der Waals surface area contributed by atoms with Crippen LogP contribution in [0.2, 0.25) is 0 Å². The highest BCUT2D eigenvalue weighted by Crippen LogP contribution is 2.31. The van der Waals surface area contributed by atoms with Gasteiger partial charge >= 0.3 is 0 Å². The fourth-order valence-electron chi connectivity index (χ4n) is 4.32. The smallest absolute Gasteiger partial charge is 0.242 e. The summed E-state index contributed by atoms with van der Waals surface area (Å²) in [5.74, 6) is 0.205. The van der Waals surface area contributed by atoms with Gasteiger partial charge in [0.15, 0.2) is 0 Å². The highest BCUT2D eigenvalue weighted by atomic mass is 32.2. The van der Waals surface area contributed by atoms with Crippen LogP contribution in [0.3, 0.4) is 0 Å². The number of anilines is 2. The number of nitrogens with one attached hydrogen (secondary N) is 2. The van der Waals surface area contributed by atoms with Gasteiger partial charge in [0.1, 0.15) is 11.8 Å². The Hall–Kier alpha value is -3.69. The number of sulfonamides is 1. The van der Waals surface area contributed by atoms with E-state index in [-0.39, 0.29) is 17.2 Å². The second kappa shape index (κ2) is 11.6. The van der Waals surface area contributed by atoms with Crippen molar-refractivity contribution in [3.05, 3.63) is 83.9 Å². The number of amides is 2. The highest BCUT2D eigenvalue weighted by Gasteiger charge is 2.29. The Morgan fingerprint density at radius 3 is 2.41 bits per heavy atom. The number of hydrogen-bond donors (Lipinski definition) is 2. The summed E-state index contributed by atoms with van der Waals surface area (Å²) < 4.78 is 34.8. The van der Waals surface area contributed by atoms with Gasteiger partial charge in [-0.25, -0.2) is 8.42 Å². The van der Waals surface area contributed by atoms with Gasteiger partial charge in [0.2, 0.25) is 21.8 Å². The molecule has 9 heteroatoms. The van der Waals surface area contributed by atoms with Crippen molar-refractivity contribution in [1.82, 2.24) is 4.72 Å². The monoisotopic (exact) mass is 521 g/mol. The third kappa shape index (κ3) is 6.36. The molecule has 194 valence electrons. The lowest BCUT2D eigenvalue weighted by Crippen LogP contribution is -2.45. The van der Waals surface area contributed by atoms with Crippen molar-refractivity contribution in [3.8, 4) is 5.75 Å². The lowest BCUT2D eigenvalue weighted by atomic mass is 10.1. The first-order valence-electron chi connectivity index (χ1n) is 12.3. The van der Waals surface area contributed by atoms with Gasteiger partial charge in [-0.1, -0.05) is 37.3 Å². The number of benzene rings is 3. The minimum Gasteiger partial charge on any atom is -0.494 e. The van der Waals surface area contributed by atoms with Crippen molar-refractivity contribution in [2.24, 2.45) is 0 Å². The van der Waals surface area contributed by atoms with E-state index in [0.717, 1.165) is 16.8 Å². The molecule has 4 rings (SSSR count). The molecule has 0 saturated carbocycles. The first-order chi connectivity index (χ1) is 17.8. The fraction of sp³-hybridized carbons (Fsp3) is 0.286. The third-order valence-corrected chi connectivity index (χ3v) is 7.66. The second-order valence-electron chi connectivity index (χ2n) is 8.75. The molecule has 8 nitrogen and oxygen atoms in total. The summed E-state index contributed by atoms with van der Waals surface area (Å²) in [4.78, 5) is 27.2. The van der Waals surface area contributed by atoms with E-state index in [2.05, 4.69) is 10.0 Å². The van der Waals surface area contributed by atoms with Gasteiger partial charge in [-0.15, -0.1) is 0 Å². The summed E-state index contributed by atoms with van der Waals surface area (Å²) in [7, 11) is -4.03. The van der Waals surface area contributed by atoms with E-state index < -0.39 is 22.0 Å². The molecule has 3 aromatic carbocycles. The second-order valence-corrected chi connectivity index (χ2v) is 10.5. The van der Waals surface area contributed by atoms with Gasteiger partial charge in [-0.3, -0.25) is 9.59 Å². The van der Waals surface area contributed by atoms with E-state index in [0.29, 0.717) is 37.4 Å². The highest BCUT2D eigenvalue weighted by molar-refractivity contribution is 7.89. The van der Waals surface area contributed by atoms with E-state index in [4.69, 9.17) is 4.74 Å². The number of nitrogens with zero attached hydrogens (tertiary/aromatic N) is 1. The Kier molecular flexibility index (Phi) is 8.25. The maximum absolute atomic E-state index is 13.4. The van der Waals surface area contributed by atoms with E-state index in [1.54, 1.807) is 48.2 Å². The van der Waals surface area contributed by atoms with Crippen LogP contribution < -0.4 is 19.7 Å². The predicted octanol–water partition coefficient (Wildman–Crippen LogP) is 3.91. The average molecular weight is 522 g/mol. The molecule has 0 aliphatic carbocycles. The zero-order chi connectivity index (χ0) is 26.4. The Morgan fingerprint density at radius 1 is 1.00 bits per heavy atom. The van der Waals surface area contributed by atoms with E-state index in [1.807, 2.05) is 37.3 Å². The van der Waals surface area contributed by atoms with E-state index >= 15 is 0 Å². The van der Waals surface area contributed by atoms with Crippen molar-refractivity contribution in [3.63, 3.8) is 0 Å². The number of carbonyl (C=O) groups is 2. The Morgan fingerprint density at radius 2 is 1.73 bits per heavy atom. The van der Waals surface area contributed by atoms with Crippen LogP contribution >= 0.6 is 0 Å². The molecule has 1 aliphatic rings. The van der Waals surface area contributed by atoms with Crippen LogP contribution in [0.1, 0.15) is 31.4 Å². The zero-order valence-electron chi connectivity index (χ0n) is 20.9. The van der Waals surface area contributed by atoms with Crippen LogP contribution in [0, 0.1) is 0 Å². The first kappa shape index (κ1) is 26.4. The quantitative estimate of drug-likeness (QED) is 0.421. The Bertz CT molecular complexity index is 1360. The summed E-state index contributed by atoms with van der Waals surface area (Å²) in [6.07, 6.45) is 1.13. The van der Waals surface area contributed by atoms with Crippen molar-refractivity contribution in [2.75, 3.05) is 23.4 Å². The third-order valence-electron chi connectivity index (χ3n) is 6.19. The average Bonchev–Trinajstić information content (AvgIpc) is 3.33. The Balaban J connectivity index is 1.56. The van der Waals surface area contributed by atoms with Crippen LogP contribution in [0.4, 0.5) is 11.4 Å². The maximum Gasteiger partial charge on any atom is 0.242 e. The molecule has 0 fully saturated rings. The first-order valence-corrected chi connectivity index (χ1v) is 13.8. The largest absolute Gasteiger partial charge is 0.494 e. The van der Waals surface area contributed by atoms with Crippen LogP contribution in [0.5, 0.6) is 5.75 Å². The number of fused-ring (bicyclic) bond motifs is 1. The van der Waals surface area contributed by atoms with Gasteiger partial charge in [-0.2, -0.15) is 4.72 Å². The lowest BCUT2D eigenvalue weighted by Gasteiger charge is -2.20. The van der Waals surface area contributed by atoms with Gasteiger partial charge in [0.25, 0.3) is 0 Å². The summed E-state index contributed by atoms with van der Waals surface area (Å²) in [6.45, 7) is 4.74. The van der Waals surface area contributed by atoms with Gasteiger partial charge in [0, 0.05) is 24.3 Å². The molecule has 1 aliphatic heterocycles. The van der Waals surface area contributed by atoms with Crippen molar-refractivity contribution < 1.29 is 22.7 Å². The minimum absolute atomic E-state index is 0.00127. The van der Waals surface area contributed by atoms with Gasteiger partial charge in [-0.05, 0) is 73.4 Å². The molecule has 0 unspecified atom stereocenters. The van der Waals surface area contributed by atoms with Gasteiger partial charge < -0.3 is 15.0 Å². The topological polar surface area (TPSA) is 105 Å². The van der Waals surface area contributed by atoms with Crippen LogP contribution in [0.25, 0.3) is 0 Å². The Labute approximate surface area is 217 Å². The summed E-state index contributed by atoms with van der Waals surface area (Å²) in [6, 6.07) is 19.8. The molecular weight excluding hydrogens is 490 g/mol. The molecule has 2 amide bonds. The fourth-order valence-corrected chi connectivity index (χ4v) is 5.56. The van der Waals surface area contributed by atoms with E-state index in [9.17, 15) is 18.0 Å². The number of ether oxygens (including phenoxy) is 1. The lowest BCUT2D eigenvalue weighted by molar-refractivity contribution is -0.118. The molecule has 1 atom stereocenters. The van der Waals surface area contributed by atoms with E-state index in [1.165, 1.54) is 6.07 Å². The summed E-state index contributed by atoms with van der Waals surface area (Å²) in [5, 5.41) is 2.81. The van der Waals surface area contributed by atoms with Crippen molar-refractivity contribution >= 4 is 33.2 Å². The number of carbonyl (C=O) groups excluding carboxylic acids is 2. The normalized spacial score (nSPS) is 13.6. The van der Waals surface area contributed by atoms with Crippen molar-refractivity contribution in [2.45, 2.75) is 44.0 Å². The van der Waals surface area contributed by atoms with Crippen LogP contribution in [-0.4, -0.2) is 39.4 Å². The molecule has 0 radical (unpaired) electrons. The minimum atomic E-state index is -4.03. The molecule has 0 aromatic heterocycles. The molecule has 2 N–H and O–H groups in total.